The first-order valence-electron chi connectivity index (χ1n) is 5.65. The highest BCUT2D eigenvalue weighted by Crippen LogP contribution is 2.44. The molecule has 0 aromatic carbocycles. The van der Waals surface area contributed by atoms with Crippen molar-refractivity contribution < 1.29 is 24.2 Å². The van der Waals surface area contributed by atoms with Gasteiger partial charge in [-0.2, -0.15) is 0 Å². The van der Waals surface area contributed by atoms with Gasteiger partial charge in [-0.25, -0.2) is 0 Å². The molecule has 1 aliphatic carbocycles. The third kappa shape index (κ3) is 2.46. The molecule has 17 heavy (non-hydrogen) atoms. The number of carboxylic acid groups (broad SMARTS) is 1. The van der Waals surface area contributed by atoms with Crippen molar-refractivity contribution in [2.75, 3.05) is 19.8 Å². The third-order valence-electron chi connectivity index (χ3n) is 3.49. The van der Waals surface area contributed by atoms with Crippen molar-refractivity contribution in [2.45, 2.75) is 25.7 Å². The van der Waals surface area contributed by atoms with Crippen LogP contribution in [0.1, 0.15) is 25.7 Å². The van der Waals surface area contributed by atoms with E-state index in [1.165, 1.54) is 0 Å². The van der Waals surface area contributed by atoms with Gasteiger partial charge >= 0.3 is 5.97 Å². The first kappa shape index (κ1) is 12.0. The lowest BCUT2D eigenvalue weighted by Crippen LogP contribution is -2.53. The molecule has 2 fully saturated rings. The van der Waals surface area contributed by atoms with Crippen LogP contribution in [0.5, 0.6) is 0 Å². The van der Waals surface area contributed by atoms with E-state index in [2.05, 4.69) is 0 Å². The second kappa shape index (κ2) is 4.44. The fourth-order valence-corrected chi connectivity index (χ4v) is 2.42. The number of carbonyl (C=O) groups excluding carboxylic acids is 2. The van der Waals surface area contributed by atoms with Crippen LogP contribution >= 0.6 is 0 Å². The smallest absolute Gasteiger partial charge is 0.303 e. The van der Waals surface area contributed by atoms with E-state index in [0.717, 1.165) is 24.2 Å². The van der Waals surface area contributed by atoms with Crippen molar-refractivity contribution in [3.63, 3.8) is 0 Å². The Morgan fingerprint density at radius 1 is 1.29 bits per heavy atom. The summed E-state index contributed by atoms with van der Waals surface area (Å²) in [7, 11) is 0. The van der Waals surface area contributed by atoms with Crippen LogP contribution in [0.2, 0.25) is 0 Å². The summed E-state index contributed by atoms with van der Waals surface area (Å²) in [6.07, 6.45) is 2.50. The lowest BCUT2D eigenvalue weighted by molar-refractivity contribution is -0.163. The number of morpholine rings is 1. The summed E-state index contributed by atoms with van der Waals surface area (Å²) < 4.78 is 4.81. The molecule has 0 unspecified atom stereocenters. The first-order valence-corrected chi connectivity index (χ1v) is 5.65. The number of ether oxygens (including phenoxy) is 1. The van der Waals surface area contributed by atoms with Gasteiger partial charge in [-0.1, -0.05) is 6.42 Å². The van der Waals surface area contributed by atoms with E-state index in [-0.39, 0.29) is 38.0 Å². The first-order chi connectivity index (χ1) is 8.02. The van der Waals surface area contributed by atoms with Crippen LogP contribution < -0.4 is 0 Å². The van der Waals surface area contributed by atoms with Crippen LogP contribution in [-0.4, -0.2) is 47.5 Å². The van der Waals surface area contributed by atoms with E-state index in [0.29, 0.717) is 0 Å². The molecule has 2 rings (SSSR count). The second-order valence-corrected chi connectivity index (χ2v) is 4.79. The molecule has 0 aromatic rings. The number of hydrogen-bond acceptors (Lipinski definition) is 4. The van der Waals surface area contributed by atoms with Gasteiger partial charge in [-0.05, 0) is 18.3 Å². The number of imide groups is 1. The highest BCUT2D eigenvalue weighted by atomic mass is 16.5. The molecule has 1 saturated heterocycles. The summed E-state index contributed by atoms with van der Waals surface area (Å²) in [4.78, 5) is 35.0. The number of amides is 2. The van der Waals surface area contributed by atoms with Crippen LogP contribution in [0.15, 0.2) is 0 Å². The van der Waals surface area contributed by atoms with Crippen LogP contribution in [0, 0.1) is 5.41 Å². The van der Waals surface area contributed by atoms with Gasteiger partial charge in [0, 0.05) is 6.54 Å². The van der Waals surface area contributed by atoms with Crippen molar-refractivity contribution in [2.24, 2.45) is 5.41 Å². The molecule has 94 valence electrons. The minimum Gasteiger partial charge on any atom is -0.481 e. The normalized spacial score (nSPS) is 23.4. The van der Waals surface area contributed by atoms with E-state index < -0.39 is 11.4 Å². The summed E-state index contributed by atoms with van der Waals surface area (Å²) >= 11 is 0. The molecule has 1 N–H and O–H groups in total. The minimum atomic E-state index is -0.877. The monoisotopic (exact) mass is 241 g/mol. The SMILES string of the molecule is O=C(O)CC1(CN2C(=O)COCC2=O)CCC1. The molecule has 1 heterocycles. The summed E-state index contributed by atoms with van der Waals surface area (Å²) in [6.45, 7) is 0.0457. The predicted octanol–water partition coefficient (Wildman–Crippen LogP) is 0.0168. The molecule has 2 aliphatic rings. The Morgan fingerprint density at radius 3 is 2.29 bits per heavy atom. The quantitative estimate of drug-likeness (QED) is 0.701. The van der Waals surface area contributed by atoms with Crippen LogP contribution in [-0.2, 0) is 19.1 Å². The average Bonchev–Trinajstić information content (AvgIpc) is 2.19. The second-order valence-electron chi connectivity index (χ2n) is 4.79. The lowest BCUT2D eigenvalue weighted by atomic mass is 9.66. The molecule has 0 bridgehead atoms. The molecule has 0 spiro atoms. The summed E-state index contributed by atoms with van der Waals surface area (Å²) in [5.74, 6) is -1.60. The molecule has 1 saturated carbocycles. The molecule has 0 radical (unpaired) electrons. The van der Waals surface area contributed by atoms with Crippen molar-refractivity contribution in [3.05, 3.63) is 0 Å². The average molecular weight is 241 g/mol. The Kier molecular flexibility index (Phi) is 3.15. The maximum atomic E-state index is 11.5. The molecule has 0 aromatic heterocycles. The molecular formula is C11H15NO5. The van der Waals surface area contributed by atoms with Gasteiger partial charge in [0.2, 0.25) is 0 Å². The fraction of sp³-hybridized carbons (Fsp3) is 0.727. The zero-order valence-corrected chi connectivity index (χ0v) is 9.48. The third-order valence-corrected chi connectivity index (χ3v) is 3.49. The highest BCUT2D eigenvalue weighted by molar-refractivity contribution is 5.98. The predicted molar refractivity (Wildman–Crippen MR) is 56.1 cm³/mol. The summed E-state index contributed by atoms with van der Waals surface area (Å²) in [5.41, 5.74) is -0.408. The fourth-order valence-electron chi connectivity index (χ4n) is 2.42. The number of carboxylic acids is 1. The van der Waals surface area contributed by atoms with E-state index in [4.69, 9.17) is 9.84 Å². The molecule has 6 heteroatoms. The van der Waals surface area contributed by atoms with Crippen molar-refractivity contribution in [1.29, 1.82) is 0 Å². The van der Waals surface area contributed by atoms with E-state index in [9.17, 15) is 14.4 Å². The van der Waals surface area contributed by atoms with Gasteiger partial charge < -0.3 is 9.84 Å². The zero-order chi connectivity index (χ0) is 12.5. The van der Waals surface area contributed by atoms with Gasteiger partial charge in [-0.3, -0.25) is 19.3 Å². The van der Waals surface area contributed by atoms with Crippen LogP contribution in [0.25, 0.3) is 0 Å². The standard InChI is InChI=1S/C11H15NO5/c13-8-5-17-6-9(14)12(8)7-11(2-1-3-11)4-10(15)16/h1-7H2,(H,15,16). The number of aliphatic carboxylic acids is 1. The van der Waals surface area contributed by atoms with Crippen LogP contribution in [0.3, 0.4) is 0 Å². The Hall–Kier alpha value is -1.43. The number of carbonyl (C=O) groups is 3. The van der Waals surface area contributed by atoms with E-state index in [1.54, 1.807) is 0 Å². The Labute approximate surface area is 98.5 Å². The Balaban J connectivity index is 2.04. The number of hydrogen-bond donors (Lipinski definition) is 1. The largest absolute Gasteiger partial charge is 0.481 e. The number of nitrogens with zero attached hydrogens (tertiary/aromatic N) is 1. The molecule has 2 amide bonds. The number of rotatable bonds is 4. The van der Waals surface area contributed by atoms with Gasteiger partial charge in [0.05, 0.1) is 6.42 Å². The van der Waals surface area contributed by atoms with E-state index in [1.807, 2.05) is 0 Å². The van der Waals surface area contributed by atoms with Crippen molar-refractivity contribution in [1.82, 2.24) is 4.90 Å². The molecule has 1 aliphatic heterocycles. The topological polar surface area (TPSA) is 83.9 Å². The molecule has 0 atom stereocenters. The molecule has 6 nitrogen and oxygen atoms in total. The van der Waals surface area contributed by atoms with Gasteiger partial charge in [0.15, 0.2) is 0 Å². The minimum absolute atomic E-state index is 0.0188. The van der Waals surface area contributed by atoms with Gasteiger partial charge in [-0.15, -0.1) is 0 Å². The van der Waals surface area contributed by atoms with Crippen molar-refractivity contribution in [3.8, 4) is 0 Å². The van der Waals surface area contributed by atoms with E-state index >= 15 is 0 Å². The summed E-state index contributed by atoms with van der Waals surface area (Å²) in [5, 5.41) is 8.86. The van der Waals surface area contributed by atoms with Crippen molar-refractivity contribution >= 4 is 17.8 Å². The van der Waals surface area contributed by atoms with Gasteiger partial charge in [0.25, 0.3) is 11.8 Å². The highest BCUT2D eigenvalue weighted by Gasteiger charge is 2.43. The Bertz CT molecular complexity index is 345. The van der Waals surface area contributed by atoms with Crippen LogP contribution in [0.4, 0.5) is 0 Å². The maximum absolute atomic E-state index is 11.5. The maximum Gasteiger partial charge on any atom is 0.303 e. The Morgan fingerprint density at radius 2 is 1.88 bits per heavy atom. The summed E-state index contributed by atoms with van der Waals surface area (Å²) in [6, 6.07) is 0. The molecular weight excluding hydrogens is 226 g/mol. The van der Waals surface area contributed by atoms with Gasteiger partial charge in [0.1, 0.15) is 13.2 Å². The zero-order valence-electron chi connectivity index (χ0n) is 9.48. The lowest BCUT2D eigenvalue weighted by Gasteiger charge is -2.44.